The van der Waals surface area contributed by atoms with Crippen LogP contribution in [0.3, 0.4) is 0 Å². The van der Waals surface area contributed by atoms with E-state index < -0.39 is 10.1 Å². The van der Waals surface area contributed by atoms with Crippen LogP contribution in [0, 0.1) is 0 Å². The Bertz CT molecular complexity index is 791. The van der Waals surface area contributed by atoms with Crippen molar-refractivity contribution in [2.45, 2.75) is 4.90 Å². The van der Waals surface area contributed by atoms with Gasteiger partial charge in [-0.3, -0.25) is 5.43 Å². The second-order valence-electron chi connectivity index (χ2n) is 4.28. The summed E-state index contributed by atoms with van der Waals surface area (Å²) in [5, 5.41) is 13.4. The van der Waals surface area contributed by atoms with E-state index in [2.05, 4.69) is 10.5 Å². The van der Waals surface area contributed by atoms with Crippen molar-refractivity contribution in [1.82, 2.24) is 0 Å². The molecule has 2 rings (SSSR count). The predicted octanol–water partition coefficient (Wildman–Crippen LogP) is -1.25. The van der Waals surface area contributed by atoms with Crippen molar-refractivity contribution in [3.8, 4) is 11.5 Å². The van der Waals surface area contributed by atoms with Gasteiger partial charge in [0.1, 0.15) is 10.1 Å². The first kappa shape index (κ1) is 20.1. The maximum Gasteiger partial charge on any atom is 1.00 e. The molecule has 0 aliphatic heterocycles. The smallest absolute Gasteiger partial charge is 0.744 e. The van der Waals surface area contributed by atoms with Crippen molar-refractivity contribution >= 4 is 22.0 Å². The number of anilines is 1. The molecule has 0 unspecified atom stereocenters. The molecule has 0 aliphatic carbocycles. The molecule has 0 saturated heterocycles. The number of nitrogens with one attached hydrogen (secondary N) is 1. The van der Waals surface area contributed by atoms with Gasteiger partial charge in [0.05, 0.1) is 23.9 Å². The molecule has 0 amide bonds. The molecule has 116 valence electrons. The summed E-state index contributed by atoms with van der Waals surface area (Å²) in [5.41, 5.74) is 3.91. The van der Waals surface area contributed by atoms with Crippen molar-refractivity contribution in [3.63, 3.8) is 0 Å². The van der Waals surface area contributed by atoms with Gasteiger partial charge in [-0.05, 0) is 48.0 Å². The normalized spacial score (nSPS) is 11.0. The van der Waals surface area contributed by atoms with E-state index in [0.29, 0.717) is 17.0 Å². The maximum absolute atomic E-state index is 10.8. The van der Waals surface area contributed by atoms with Gasteiger partial charge in [0.2, 0.25) is 0 Å². The van der Waals surface area contributed by atoms with Crippen molar-refractivity contribution in [3.05, 3.63) is 48.0 Å². The topological polar surface area (TPSA) is 111 Å². The van der Waals surface area contributed by atoms with Gasteiger partial charge in [-0.25, -0.2) is 8.42 Å². The van der Waals surface area contributed by atoms with E-state index in [1.54, 1.807) is 12.1 Å². The third-order valence-electron chi connectivity index (χ3n) is 2.75. The van der Waals surface area contributed by atoms with Crippen LogP contribution in [0.4, 0.5) is 5.69 Å². The standard InChI is InChI=1S/C14H14N2O5S.K/c1-21-14-8-10(2-7-13(14)17)9-15-16-11-3-5-12(6-4-11)22(18,19)20;/h2-9,16-17H,1H3,(H,18,19,20);/q;+1/p-1/b15-9+;. The van der Waals surface area contributed by atoms with E-state index in [0.717, 1.165) is 0 Å². The molecule has 2 N–H and O–H groups in total. The molecule has 7 nitrogen and oxygen atoms in total. The zero-order chi connectivity index (χ0) is 16.2. The van der Waals surface area contributed by atoms with Crippen LogP contribution in [0.5, 0.6) is 11.5 Å². The molecule has 2 aromatic carbocycles. The summed E-state index contributed by atoms with van der Waals surface area (Å²) >= 11 is 0. The Balaban J connectivity index is 0.00000264. The fourth-order valence-corrected chi connectivity index (χ4v) is 2.12. The Hall–Kier alpha value is -0.944. The molecule has 23 heavy (non-hydrogen) atoms. The summed E-state index contributed by atoms with van der Waals surface area (Å²) < 4.78 is 37.4. The van der Waals surface area contributed by atoms with Crippen molar-refractivity contribution in [2.75, 3.05) is 12.5 Å². The van der Waals surface area contributed by atoms with E-state index in [4.69, 9.17) is 4.74 Å². The summed E-state index contributed by atoms with van der Waals surface area (Å²) in [7, 11) is -3.00. The Morgan fingerprint density at radius 1 is 1.22 bits per heavy atom. The average Bonchev–Trinajstić information content (AvgIpc) is 2.48. The summed E-state index contributed by atoms with van der Waals surface area (Å²) in [5.74, 6) is 0.357. The van der Waals surface area contributed by atoms with E-state index in [1.807, 2.05) is 0 Å². The number of hydrazone groups is 1. The fraction of sp³-hybridized carbons (Fsp3) is 0.0714. The zero-order valence-corrected chi connectivity index (χ0v) is 16.5. The Morgan fingerprint density at radius 2 is 1.87 bits per heavy atom. The first-order valence-corrected chi connectivity index (χ1v) is 7.53. The Labute approximate surface area is 176 Å². The van der Waals surface area contributed by atoms with E-state index >= 15 is 0 Å². The molecule has 0 bridgehead atoms. The van der Waals surface area contributed by atoms with Crippen molar-refractivity contribution in [1.29, 1.82) is 0 Å². The SMILES string of the molecule is COc1cc(/C=N/Nc2ccc(S(=O)(=O)[O-])cc2)ccc1O.[K+]. The molecule has 0 heterocycles. The second kappa shape index (κ2) is 8.78. The number of nitrogens with zero attached hydrogens (tertiary/aromatic N) is 1. The molecule has 0 aromatic heterocycles. The minimum atomic E-state index is -4.45. The summed E-state index contributed by atoms with van der Waals surface area (Å²) in [6, 6.07) is 9.99. The number of methoxy groups -OCH3 is 1. The monoisotopic (exact) mass is 360 g/mol. The number of phenols is 1. The summed E-state index contributed by atoms with van der Waals surface area (Å²) in [6.45, 7) is 0. The number of hydrogen-bond acceptors (Lipinski definition) is 7. The molecule has 0 radical (unpaired) electrons. The number of benzene rings is 2. The number of hydrogen-bond donors (Lipinski definition) is 2. The van der Waals surface area contributed by atoms with E-state index in [9.17, 15) is 18.1 Å². The number of ether oxygens (including phenoxy) is 1. The van der Waals surface area contributed by atoms with Crippen LogP contribution in [-0.2, 0) is 10.1 Å². The quantitative estimate of drug-likeness (QED) is 0.298. The van der Waals surface area contributed by atoms with Gasteiger partial charge in [-0.15, -0.1) is 0 Å². The molecule has 0 fully saturated rings. The molecule has 2 aromatic rings. The summed E-state index contributed by atoms with van der Waals surface area (Å²) in [4.78, 5) is -0.301. The molecular formula is C14H13KN2O5S. The van der Waals surface area contributed by atoms with Gasteiger partial charge in [0, 0.05) is 0 Å². The number of rotatable bonds is 5. The van der Waals surface area contributed by atoms with Crippen LogP contribution in [-0.4, -0.2) is 31.4 Å². The molecule has 0 aliphatic rings. The Morgan fingerprint density at radius 3 is 2.43 bits per heavy atom. The third-order valence-corrected chi connectivity index (χ3v) is 3.60. The largest absolute Gasteiger partial charge is 1.00 e. The van der Waals surface area contributed by atoms with E-state index in [-0.39, 0.29) is 62.0 Å². The average molecular weight is 360 g/mol. The third kappa shape index (κ3) is 5.88. The fourth-order valence-electron chi connectivity index (χ4n) is 1.65. The van der Waals surface area contributed by atoms with Gasteiger partial charge < -0.3 is 14.4 Å². The molecule has 0 saturated carbocycles. The van der Waals surface area contributed by atoms with Crippen LogP contribution in [0.2, 0.25) is 0 Å². The van der Waals surface area contributed by atoms with Gasteiger partial charge in [-0.2, -0.15) is 5.10 Å². The van der Waals surface area contributed by atoms with Gasteiger partial charge >= 0.3 is 51.4 Å². The van der Waals surface area contributed by atoms with Crippen LogP contribution < -0.4 is 61.5 Å². The van der Waals surface area contributed by atoms with Gasteiger partial charge in [0.15, 0.2) is 11.5 Å². The van der Waals surface area contributed by atoms with Gasteiger partial charge in [-0.1, -0.05) is 0 Å². The first-order chi connectivity index (χ1) is 10.4. The molecular weight excluding hydrogens is 347 g/mol. The van der Waals surface area contributed by atoms with Crippen LogP contribution in [0.1, 0.15) is 5.56 Å². The van der Waals surface area contributed by atoms with Crippen LogP contribution >= 0.6 is 0 Å². The van der Waals surface area contributed by atoms with Crippen molar-refractivity contribution in [2.24, 2.45) is 5.10 Å². The van der Waals surface area contributed by atoms with E-state index in [1.165, 1.54) is 43.7 Å². The maximum atomic E-state index is 10.8. The molecule has 9 heteroatoms. The minimum absolute atomic E-state index is 0. The molecule has 0 spiro atoms. The summed E-state index contributed by atoms with van der Waals surface area (Å²) in [6.07, 6.45) is 1.50. The zero-order valence-electron chi connectivity index (χ0n) is 12.6. The van der Waals surface area contributed by atoms with Crippen LogP contribution in [0.15, 0.2) is 52.5 Å². The second-order valence-corrected chi connectivity index (χ2v) is 5.66. The Kier molecular flexibility index (Phi) is 7.68. The first-order valence-electron chi connectivity index (χ1n) is 6.12. The molecule has 0 atom stereocenters. The minimum Gasteiger partial charge on any atom is -0.744 e. The van der Waals surface area contributed by atoms with Gasteiger partial charge in [0.25, 0.3) is 0 Å². The predicted molar refractivity (Wildman–Crippen MR) is 80.3 cm³/mol. The van der Waals surface area contributed by atoms with Crippen molar-refractivity contribution < 1.29 is 74.2 Å². The number of aromatic hydroxyl groups is 1. The van der Waals surface area contributed by atoms with Crippen LogP contribution in [0.25, 0.3) is 0 Å². The number of phenolic OH excluding ortho intramolecular Hbond substituents is 1.